The van der Waals surface area contributed by atoms with Gasteiger partial charge in [-0.2, -0.15) is 5.26 Å². The molecule has 0 saturated heterocycles. The Balaban J connectivity index is 2.53. The molecule has 2 heteroatoms. The summed E-state index contributed by atoms with van der Waals surface area (Å²) in [4.78, 5) is 0. The van der Waals surface area contributed by atoms with Crippen molar-refractivity contribution < 1.29 is 0 Å². The summed E-state index contributed by atoms with van der Waals surface area (Å²) in [5, 5.41) is 8.36. The van der Waals surface area contributed by atoms with E-state index in [0.717, 1.165) is 24.1 Å². The van der Waals surface area contributed by atoms with Gasteiger partial charge in [0.25, 0.3) is 0 Å². The lowest BCUT2D eigenvalue weighted by molar-refractivity contribution is 0.879. The smallest absolute Gasteiger partial charge is 0.0621 e. The van der Waals surface area contributed by atoms with E-state index in [2.05, 4.69) is 24.3 Å². The topological polar surface area (TPSA) is 49.8 Å². The summed E-state index contributed by atoms with van der Waals surface area (Å²) in [5.41, 5.74) is 8.83. The van der Waals surface area contributed by atoms with E-state index in [4.69, 9.17) is 11.0 Å². The van der Waals surface area contributed by atoms with Gasteiger partial charge in [-0.25, -0.2) is 0 Å². The van der Waals surface area contributed by atoms with Crippen LogP contribution in [0.4, 0.5) is 5.69 Å². The predicted octanol–water partition coefficient (Wildman–Crippen LogP) is 3.28. The quantitative estimate of drug-likeness (QED) is 0.599. The van der Waals surface area contributed by atoms with Crippen LogP contribution < -0.4 is 5.73 Å². The highest BCUT2D eigenvalue weighted by molar-refractivity contribution is 5.57. The third-order valence-electron chi connectivity index (χ3n) is 2.09. The lowest BCUT2D eigenvalue weighted by Crippen LogP contribution is -1.86. The Labute approximate surface area is 91.0 Å². The first-order chi connectivity index (χ1) is 7.22. The summed E-state index contributed by atoms with van der Waals surface area (Å²) in [5.74, 6) is 0. The van der Waals surface area contributed by atoms with Crippen molar-refractivity contribution in [3.63, 3.8) is 0 Å². The molecule has 0 spiro atoms. The molecule has 1 rings (SSSR count). The molecule has 0 aliphatic carbocycles. The zero-order valence-electron chi connectivity index (χ0n) is 9.03. The number of nitrogens with zero attached hydrogens (tertiary/aromatic N) is 1. The molecule has 0 aliphatic heterocycles. The minimum absolute atomic E-state index is 0.625. The van der Waals surface area contributed by atoms with Crippen LogP contribution in [0.5, 0.6) is 0 Å². The molecule has 0 radical (unpaired) electrons. The van der Waals surface area contributed by atoms with E-state index in [1.165, 1.54) is 5.56 Å². The number of unbranched alkanes of at least 4 members (excludes halogenated alkanes) is 2. The van der Waals surface area contributed by atoms with Gasteiger partial charge in [-0.1, -0.05) is 18.2 Å². The second-order valence-corrected chi connectivity index (χ2v) is 3.63. The number of allylic oxidation sites excluding steroid dienone is 1. The molecular formula is C13H16N2. The van der Waals surface area contributed by atoms with Crippen LogP contribution in [0.1, 0.15) is 30.4 Å². The van der Waals surface area contributed by atoms with E-state index in [9.17, 15) is 0 Å². The molecule has 1 aromatic rings. The van der Waals surface area contributed by atoms with Crippen LogP contribution >= 0.6 is 0 Å². The Morgan fingerprint density at radius 2 is 2.20 bits per heavy atom. The van der Waals surface area contributed by atoms with Crippen LogP contribution in [0.25, 0.3) is 6.08 Å². The zero-order chi connectivity index (χ0) is 11.1. The normalized spacial score (nSPS) is 10.4. The average molecular weight is 200 g/mol. The summed E-state index contributed by atoms with van der Waals surface area (Å²) in [6.45, 7) is 2.03. The van der Waals surface area contributed by atoms with Gasteiger partial charge >= 0.3 is 0 Å². The van der Waals surface area contributed by atoms with Crippen molar-refractivity contribution in [3.05, 3.63) is 35.4 Å². The predicted molar refractivity (Wildman–Crippen MR) is 64.1 cm³/mol. The number of nitrogens with two attached hydrogens (primary N) is 1. The lowest BCUT2D eigenvalue weighted by atomic mass is 10.1. The molecule has 0 fully saturated rings. The first kappa shape index (κ1) is 11.3. The van der Waals surface area contributed by atoms with E-state index in [1.54, 1.807) is 0 Å². The van der Waals surface area contributed by atoms with Gasteiger partial charge in [0.2, 0.25) is 0 Å². The summed E-state index contributed by atoms with van der Waals surface area (Å²) in [7, 11) is 0. The molecule has 78 valence electrons. The van der Waals surface area contributed by atoms with Gasteiger partial charge < -0.3 is 5.73 Å². The Morgan fingerprint density at radius 3 is 2.87 bits per heavy atom. The van der Waals surface area contributed by atoms with E-state index >= 15 is 0 Å². The van der Waals surface area contributed by atoms with Crippen LogP contribution in [0, 0.1) is 18.3 Å². The number of hydrogen-bond donors (Lipinski definition) is 1. The minimum atomic E-state index is 0.625. The van der Waals surface area contributed by atoms with Crippen LogP contribution in [-0.4, -0.2) is 0 Å². The highest BCUT2D eigenvalue weighted by Crippen LogP contribution is 2.13. The van der Waals surface area contributed by atoms with E-state index in [-0.39, 0.29) is 0 Å². The highest BCUT2D eigenvalue weighted by Gasteiger charge is 1.91. The van der Waals surface area contributed by atoms with Crippen molar-refractivity contribution >= 4 is 11.8 Å². The second-order valence-electron chi connectivity index (χ2n) is 3.63. The van der Waals surface area contributed by atoms with Crippen LogP contribution in [-0.2, 0) is 0 Å². The monoisotopic (exact) mass is 200 g/mol. The van der Waals surface area contributed by atoms with E-state index in [0.29, 0.717) is 6.42 Å². The van der Waals surface area contributed by atoms with Crippen LogP contribution in [0.2, 0.25) is 0 Å². The fourth-order valence-corrected chi connectivity index (χ4v) is 1.46. The largest absolute Gasteiger partial charge is 0.399 e. The molecule has 0 atom stereocenters. The summed E-state index contributed by atoms with van der Waals surface area (Å²) < 4.78 is 0. The number of nitriles is 1. The van der Waals surface area contributed by atoms with E-state index in [1.807, 2.05) is 19.1 Å². The maximum Gasteiger partial charge on any atom is 0.0621 e. The number of nitrogen functional groups attached to an aromatic ring is 1. The van der Waals surface area contributed by atoms with Gasteiger partial charge in [0.15, 0.2) is 0 Å². The van der Waals surface area contributed by atoms with Gasteiger partial charge in [0.05, 0.1) is 6.07 Å². The Hall–Kier alpha value is -1.75. The third kappa shape index (κ3) is 4.33. The van der Waals surface area contributed by atoms with Crippen molar-refractivity contribution in [2.24, 2.45) is 0 Å². The lowest BCUT2D eigenvalue weighted by Gasteiger charge is -1.99. The van der Waals surface area contributed by atoms with Crippen molar-refractivity contribution in [1.29, 1.82) is 5.26 Å². The Bertz CT molecular complexity index is 366. The molecule has 0 heterocycles. The Kier molecular flexibility index (Phi) is 4.43. The van der Waals surface area contributed by atoms with Gasteiger partial charge in [0, 0.05) is 12.1 Å². The van der Waals surface area contributed by atoms with Crippen molar-refractivity contribution in [2.75, 3.05) is 5.73 Å². The standard InChI is InChI=1S/C13H16N2/c1-11-8-12(10-13(15)9-11)6-4-2-3-5-7-14/h4,6,8-10H,2-3,5,15H2,1H3. The molecular weight excluding hydrogens is 184 g/mol. The van der Waals surface area contributed by atoms with Crippen LogP contribution in [0.15, 0.2) is 24.3 Å². The summed E-state index contributed by atoms with van der Waals surface area (Å²) in [6, 6.07) is 8.13. The second kappa shape index (κ2) is 5.87. The molecule has 0 bridgehead atoms. The van der Waals surface area contributed by atoms with Crippen molar-refractivity contribution in [2.45, 2.75) is 26.2 Å². The average Bonchev–Trinajstić information content (AvgIpc) is 2.16. The fourth-order valence-electron chi connectivity index (χ4n) is 1.46. The van der Waals surface area contributed by atoms with Gasteiger partial charge in [-0.05, 0) is 43.0 Å². The van der Waals surface area contributed by atoms with E-state index < -0.39 is 0 Å². The maximum atomic E-state index is 8.36. The number of aryl methyl sites for hydroxylation is 1. The fraction of sp³-hybridized carbons (Fsp3) is 0.308. The Morgan fingerprint density at radius 1 is 1.40 bits per heavy atom. The SMILES string of the molecule is Cc1cc(N)cc(C=CCCCC#N)c1. The summed E-state index contributed by atoms with van der Waals surface area (Å²) >= 11 is 0. The maximum absolute atomic E-state index is 8.36. The first-order valence-corrected chi connectivity index (χ1v) is 5.13. The molecule has 1 aromatic carbocycles. The molecule has 0 amide bonds. The van der Waals surface area contributed by atoms with Crippen molar-refractivity contribution in [3.8, 4) is 6.07 Å². The van der Waals surface area contributed by atoms with Gasteiger partial charge in [0.1, 0.15) is 0 Å². The molecule has 0 aromatic heterocycles. The number of anilines is 1. The molecule has 2 nitrogen and oxygen atoms in total. The number of hydrogen-bond acceptors (Lipinski definition) is 2. The number of benzene rings is 1. The van der Waals surface area contributed by atoms with Crippen molar-refractivity contribution in [1.82, 2.24) is 0 Å². The summed E-state index contributed by atoms with van der Waals surface area (Å²) in [6.07, 6.45) is 6.64. The van der Waals surface area contributed by atoms with Gasteiger partial charge in [-0.3, -0.25) is 0 Å². The zero-order valence-corrected chi connectivity index (χ0v) is 9.03. The third-order valence-corrected chi connectivity index (χ3v) is 2.09. The van der Waals surface area contributed by atoms with Gasteiger partial charge in [-0.15, -0.1) is 0 Å². The minimum Gasteiger partial charge on any atom is -0.399 e. The van der Waals surface area contributed by atoms with Crippen LogP contribution in [0.3, 0.4) is 0 Å². The first-order valence-electron chi connectivity index (χ1n) is 5.13. The number of rotatable bonds is 4. The molecule has 0 saturated carbocycles. The molecule has 0 unspecified atom stereocenters. The molecule has 2 N–H and O–H groups in total. The molecule has 0 aliphatic rings. The molecule has 15 heavy (non-hydrogen) atoms. The highest BCUT2D eigenvalue weighted by atomic mass is 14.5.